The third-order valence-electron chi connectivity index (χ3n) is 4.57. The van der Waals surface area contributed by atoms with Crippen LogP contribution in [0.3, 0.4) is 0 Å². The molecule has 2 heterocycles. The quantitative estimate of drug-likeness (QED) is 0.800. The minimum Gasteiger partial charge on any atom is -0.340 e. The maximum absolute atomic E-state index is 13.0. The van der Waals surface area contributed by atoms with Crippen LogP contribution in [-0.4, -0.2) is 27.3 Å². The number of aromatic nitrogens is 2. The largest absolute Gasteiger partial charge is 0.340 e. The van der Waals surface area contributed by atoms with Gasteiger partial charge in [-0.1, -0.05) is 24.3 Å². The average molecular weight is 323 g/mol. The molecule has 0 aliphatic carbocycles. The summed E-state index contributed by atoms with van der Waals surface area (Å²) in [5, 5.41) is 0. The highest BCUT2D eigenvalue weighted by Crippen LogP contribution is 2.31. The number of para-hydroxylation sites is 2. The number of carbonyl (C=O) groups excluding carboxylic acids is 1. The molecule has 5 heteroatoms. The molecule has 4 nitrogen and oxygen atoms in total. The Bertz CT molecular complexity index is 839. The van der Waals surface area contributed by atoms with Gasteiger partial charge in [-0.25, -0.2) is 9.37 Å². The van der Waals surface area contributed by atoms with Crippen molar-refractivity contribution in [1.82, 2.24) is 14.9 Å². The number of nitrogens with zero attached hydrogens (tertiary/aromatic N) is 2. The second-order valence-electron chi connectivity index (χ2n) is 6.19. The number of likely N-dealkylation sites (tertiary alicyclic amines) is 1. The van der Waals surface area contributed by atoms with Gasteiger partial charge in [0.2, 0.25) is 5.91 Å². The maximum Gasteiger partial charge on any atom is 0.227 e. The average Bonchev–Trinajstić information content (AvgIpc) is 3.23. The lowest BCUT2D eigenvalue weighted by molar-refractivity contribution is -0.131. The SMILES string of the molecule is O=C(Cc1ccc(F)cc1)N1CCC[C@H]1c1nc2ccccc2[nH]1. The Labute approximate surface area is 139 Å². The van der Waals surface area contributed by atoms with Gasteiger partial charge in [0.1, 0.15) is 11.6 Å². The number of hydrogen-bond donors (Lipinski definition) is 1. The van der Waals surface area contributed by atoms with Crippen LogP contribution in [0.1, 0.15) is 30.3 Å². The van der Waals surface area contributed by atoms with Crippen molar-refractivity contribution in [2.75, 3.05) is 6.54 Å². The Morgan fingerprint density at radius 2 is 2.00 bits per heavy atom. The molecule has 3 aromatic rings. The summed E-state index contributed by atoms with van der Waals surface area (Å²) < 4.78 is 13.0. The molecule has 0 bridgehead atoms. The molecule has 1 saturated heterocycles. The van der Waals surface area contributed by atoms with Crippen molar-refractivity contribution in [2.24, 2.45) is 0 Å². The summed E-state index contributed by atoms with van der Waals surface area (Å²) in [6, 6.07) is 14.0. The third-order valence-corrected chi connectivity index (χ3v) is 4.57. The van der Waals surface area contributed by atoms with Crippen LogP contribution in [-0.2, 0) is 11.2 Å². The fraction of sp³-hybridized carbons (Fsp3) is 0.263. The van der Waals surface area contributed by atoms with Gasteiger partial charge in [0, 0.05) is 6.54 Å². The molecule has 1 atom stereocenters. The summed E-state index contributed by atoms with van der Waals surface area (Å²) in [6.07, 6.45) is 2.17. The molecule has 1 amide bonds. The second-order valence-corrected chi connectivity index (χ2v) is 6.19. The van der Waals surface area contributed by atoms with Crippen molar-refractivity contribution < 1.29 is 9.18 Å². The molecule has 24 heavy (non-hydrogen) atoms. The fourth-order valence-corrected chi connectivity index (χ4v) is 3.36. The molecule has 1 aromatic heterocycles. The summed E-state index contributed by atoms with van der Waals surface area (Å²) in [5.41, 5.74) is 2.74. The molecular formula is C19H18FN3O. The zero-order valence-corrected chi connectivity index (χ0v) is 13.2. The molecule has 0 spiro atoms. The summed E-state index contributed by atoms with van der Waals surface area (Å²) in [4.78, 5) is 22.6. The first kappa shape index (κ1) is 14.9. The molecule has 1 N–H and O–H groups in total. The van der Waals surface area contributed by atoms with Crippen LogP contribution in [0.4, 0.5) is 4.39 Å². The molecule has 0 unspecified atom stereocenters. The van der Waals surface area contributed by atoms with Crippen molar-refractivity contribution in [1.29, 1.82) is 0 Å². The summed E-state index contributed by atoms with van der Waals surface area (Å²) in [7, 11) is 0. The van der Waals surface area contributed by atoms with Gasteiger partial charge < -0.3 is 9.88 Å². The van der Waals surface area contributed by atoms with E-state index in [0.717, 1.165) is 41.8 Å². The van der Waals surface area contributed by atoms with Gasteiger partial charge in [-0.2, -0.15) is 0 Å². The topological polar surface area (TPSA) is 49.0 Å². The smallest absolute Gasteiger partial charge is 0.227 e. The number of benzene rings is 2. The van der Waals surface area contributed by atoms with Crippen molar-refractivity contribution in [2.45, 2.75) is 25.3 Å². The molecule has 1 aliphatic rings. The molecule has 1 aliphatic heterocycles. The fourth-order valence-electron chi connectivity index (χ4n) is 3.36. The number of aromatic amines is 1. The highest BCUT2D eigenvalue weighted by Gasteiger charge is 2.31. The van der Waals surface area contributed by atoms with Crippen molar-refractivity contribution in [3.63, 3.8) is 0 Å². The van der Waals surface area contributed by atoms with Crippen molar-refractivity contribution in [3.8, 4) is 0 Å². The number of carbonyl (C=O) groups is 1. The number of amides is 1. The molecule has 2 aromatic carbocycles. The van der Waals surface area contributed by atoms with Crippen LogP contribution < -0.4 is 0 Å². The standard InChI is InChI=1S/C19H18FN3O/c20-14-9-7-13(8-10-14)12-18(24)23-11-3-6-17(23)19-21-15-4-1-2-5-16(15)22-19/h1-2,4-5,7-10,17H,3,6,11-12H2,(H,21,22)/t17-/m0/s1. The molecule has 0 radical (unpaired) electrons. The van der Waals surface area contributed by atoms with E-state index in [2.05, 4.69) is 9.97 Å². The Morgan fingerprint density at radius 1 is 1.21 bits per heavy atom. The van der Waals surface area contributed by atoms with E-state index in [1.807, 2.05) is 29.2 Å². The second kappa shape index (κ2) is 6.07. The van der Waals surface area contributed by atoms with Gasteiger partial charge in [-0.3, -0.25) is 4.79 Å². The lowest BCUT2D eigenvalue weighted by atomic mass is 10.1. The van der Waals surface area contributed by atoms with E-state index < -0.39 is 0 Å². The van der Waals surface area contributed by atoms with Crippen LogP contribution in [0.25, 0.3) is 11.0 Å². The van der Waals surface area contributed by atoms with E-state index >= 15 is 0 Å². The monoisotopic (exact) mass is 323 g/mol. The Kier molecular flexibility index (Phi) is 3.76. The minimum atomic E-state index is -0.285. The number of H-pyrrole nitrogens is 1. The van der Waals surface area contributed by atoms with Gasteiger partial charge in [0.25, 0.3) is 0 Å². The Hall–Kier alpha value is -2.69. The van der Waals surface area contributed by atoms with Crippen LogP contribution in [0.2, 0.25) is 0 Å². The van der Waals surface area contributed by atoms with Gasteiger partial charge in [-0.15, -0.1) is 0 Å². The molecule has 122 valence electrons. The molecule has 4 rings (SSSR count). The number of fused-ring (bicyclic) bond motifs is 1. The minimum absolute atomic E-state index is 0.00894. The molecule has 0 saturated carbocycles. The van der Waals surface area contributed by atoms with E-state index in [1.165, 1.54) is 12.1 Å². The van der Waals surface area contributed by atoms with Gasteiger partial charge in [0.05, 0.1) is 23.5 Å². The highest BCUT2D eigenvalue weighted by atomic mass is 19.1. The van der Waals surface area contributed by atoms with E-state index in [0.29, 0.717) is 0 Å². The van der Waals surface area contributed by atoms with E-state index in [4.69, 9.17) is 0 Å². The maximum atomic E-state index is 13.0. The summed E-state index contributed by atoms with van der Waals surface area (Å²) in [6.45, 7) is 0.738. The normalized spacial score (nSPS) is 17.5. The lowest BCUT2D eigenvalue weighted by Gasteiger charge is -2.23. The first-order chi connectivity index (χ1) is 11.7. The zero-order chi connectivity index (χ0) is 16.5. The number of rotatable bonds is 3. The first-order valence-electron chi connectivity index (χ1n) is 8.19. The number of hydrogen-bond acceptors (Lipinski definition) is 2. The van der Waals surface area contributed by atoms with E-state index in [9.17, 15) is 9.18 Å². The van der Waals surface area contributed by atoms with Crippen LogP contribution >= 0.6 is 0 Å². The van der Waals surface area contributed by atoms with Crippen LogP contribution in [0, 0.1) is 5.82 Å². The first-order valence-corrected chi connectivity index (χ1v) is 8.19. The zero-order valence-electron chi connectivity index (χ0n) is 13.2. The van der Waals surface area contributed by atoms with E-state index in [-0.39, 0.29) is 24.2 Å². The number of nitrogens with one attached hydrogen (secondary N) is 1. The van der Waals surface area contributed by atoms with Gasteiger partial charge in [-0.05, 0) is 42.7 Å². The number of halogens is 1. The predicted octanol–water partition coefficient (Wildman–Crippen LogP) is 3.61. The predicted molar refractivity (Wildman–Crippen MR) is 89.9 cm³/mol. The highest BCUT2D eigenvalue weighted by molar-refractivity contribution is 5.80. The Morgan fingerprint density at radius 3 is 2.79 bits per heavy atom. The molecular weight excluding hydrogens is 305 g/mol. The summed E-state index contributed by atoms with van der Waals surface area (Å²) in [5.74, 6) is 0.623. The van der Waals surface area contributed by atoms with Crippen molar-refractivity contribution in [3.05, 3.63) is 65.7 Å². The summed E-state index contributed by atoms with van der Waals surface area (Å²) >= 11 is 0. The van der Waals surface area contributed by atoms with E-state index in [1.54, 1.807) is 12.1 Å². The Balaban J connectivity index is 1.55. The van der Waals surface area contributed by atoms with Gasteiger partial charge >= 0.3 is 0 Å². The van der Waals surface area contributed by atoms with Gasteiger partial charge in [0.15, 0.2) is 0 Å². The third kappa shape index (κ3) is 2.77. The lowest BCUT2D eigenvalue weighted by Crippen LogP contribution is -2.32. The van der Waals surface area contributed by atoms with Crippen LogP contribution in [0.5, 0.6) is 0 Å². The molecule has 1 fully saturated rings. The van der Waals surface area contributed by atoms with Crippen LogP contribution in [0.15, 0.2) is 48.5 Å². The van der Waals surface area contributed by atoms with Crippen molar-refractivity contribution >= 4 is 16.9 Å². The number of imidazole rings is 1.